The molecule has 0 saturated carbocycles. The lowest BCUT2D eigenvalue weighted by atomic mass is 10.0. The minimum atomic E-state index is -0.0248. The molecule has 1 atom stereocenters. The van der Waals surface area contributed by atoms with Crippen LogP contribution in [0.5, 0.6) is 0 Å². The largest absolute Gasteiger partial charge is 0.466 e. The summed E-state index contributed by atoms with van der Waals surface area (Å²) in [5.41, 5.74) is 0. The molecule has 1 N–H and O–H groups in total. The average Bonchev–Trinajstić information content (AvgIpc) is 3.21. The number of hydrogen-bond donors (Lipinski definition) is 1. The van der Waals surface area contributed by atoms with E-state index in [9.17, 15) is 14.9 Å². The molecule has 8 nitrogen and oxygen atoms in total. The Bertz CT molecular complexity index is 910. The van der Waals surface area contributed by atoms with Crippen LogP contribution in [0, 0.1) is 11.3 Å². The predicted molar refractivity (Wildman–Crippen MR) is 247 cm³/mol. The molecule has 58 heavy (non-hydrogen) atoms. The number of nitriles is 1. The van der Waals surface area contributed by atoms with Crippen LogP contribution in [0.15, 0.2) is 0 Å². The fourth-order valence-electron chi connectivity index (χ4n) is 7.83. The van der Waals surface area contributed by atoms with Gasteiger partial charge in [-0.05, 0) is 104 Å². The number of nitrogens with one attached hydrogen (secondary N) is 1. The van der Waals surface area contributed by atoms with E-state index in [0.29, 0.717) is 25.9 Å². The Balaban J connectivity index is 4.47. The van der Waals surface area contributed by atoms with Crippen molar-refractivity contribution in [3.63, 3.8) is 0 Å². The summed E-state index contributed by atoms with van der Waals surface area (Å²) in [4.78, 5) is 29.7. The van der Waals surface area contributed by atoms with E-state index >= 15 is 0 Å². The summed E-state index contributed by atoms with van der Waals surface area (Å²) in [5, 5.41) is 12.7. The fraction of sp³-hybridized carbons (Fsp3) is 0.940. The molecule has 0 radical (unpaired) electrons. The van der Waals surface area contributed by atoms with Crippen LogP contribution in [0.3, 0.4) is 0 Å². The van der Waals surface area contributed by atoms with Crippen molar-refractivity contribution in [3.8, 4) is 6.07 Å². The summed E-state index contributed by atoms with van der Waals surface area (Å²) in [6.45, 7) is 11.6. The van der Waals surface area contributed by atoms with Crippen LogP contribution in [0.1, 0.15) is 245 Å². The van der Waals surface area contributed by atoms with Crippen molar-refractivity contribution in [3.05, 3.63) is 0 Å². The monoisotopic (exact) mass is 819 g/mol. The Morgan fingerprint density at radius 2 is 0.948 bits per heavy atom. The lowest BCUT2D eigenvalue weighted by molar-refractivity contribution is -0.150. The first-order valence-corrected chi connectivity index (χ1v) is 25.2. The van der Waals surface area contributed by atoms with Crippen molar-refractivity contribution in [1.29, 1.82) is 5.26 Å². The van der Waals surface area contributed by atoms with Crippen LogP contribution in [-0.4, -0.2) is 80.9 Å². The first-order chi connectivity index (χ1) is 28.4. The quantitative estimate of drug-likeness (QED) is 0.0369. The highest BCUT2D eigenvalue weighted by molar-refractivity contribution is 5.69. The summed E-state index contributed by atoms with van der Waals surface area (Å²) < 4.78 is 11.5. The number of unbranched alkanes of at least 4 members (excludes halogenated alkanes) is 24. The number of esters is 2. The van der Waals surface area contributed by atoms with Gasteiger partial charge in [-0.1, -0.05) is 162 Å². The molecular formula is C50H98N4O4. The van der Waals surface area contributed by atoms with E-state index in [-0.39, 0.29) is 24.2 Å². The molecule has 0 aromatic rings. The maximum atomic E-state index is 12.9. The molecule has 0 aromatic heterocycles. The third-order valence-corrected chi connectivity index (χ3v) is 11.7. The molecule has 0 bridgehead atoms. The summed E-state index contributed by atoms with van der Waals surface area (Å²) in [5.74, 6) is -0.00465. The van der Waals surface area contributed by atoms with Gasteiger partial charge >= 0.3 is 11.9 Å². The molecule has 0 aliphatic carbocycles. The number of nitrogens with zero attached hydrogens (tertiary/aromatic N) is 3. The molecule has 0 heterocycles. The van der Waals surface area contributed by atoms with Gasteiger partial charge in [0.15, 0.2) is 0 Å². The van der Waals surface area contributed by atoms with Crippen molar-refractivity contribution in [2.75, 3.05) is 46.9 Å². The number of ether oxygens (including phenoxy) is 2. The molecule has 0 aliphatic heterocycles. The van der Waals surface area contributed by atoms with Crippen LogP contribution in [-0.2, 0) is 19.1 Å². The normalized spacial score (nSPS) is 12.1. The number of hydrogen-bond acceptors (Lipinski definition) is 8. The number of rotatable bonds is 46. The van der Waals surface area contributed by atoms with E-state index in [1.807, 2.05) is 14.1 Å². The SMILES string of the molecule is CCCCCCCCCOC(=O)CCCCCCCN(CCCCCCCC(=O)OC(CCCCCCCC)CCCCCCCC)CCCNC(CC#N)N(C)C. The molecule has 1 unspecified atom stereocenters. The smallest absolute Gasteiger partial charge is 0.306 e. The van der Waals surface area contributed by atoms with Crippen LogP contribution < -0.4 is 5.32 Å². The van der Waals surface area contributed by atoms with E-state index in [2.05, 4.69) is 42.0 Å². The molecule has 0 spiro atoms. The van der Waals surface area contributed by atoms with E-state index in [4.69, 9.17) is 9.47 Å². The van der Waals surface area contributed by atoms with Gasteiger partial charge in [0.25, 0.3) is 0 Å². The first-order valence-electron chi connectivity index (χ1n) is 25.2. The summed E-state index contributed by atoms with van der Waals surface area (Å²) in [6.07, 6.45) is 40.1. The predicted octanol–water partition coefficient (Wildman–Crippen LogP) is 13.5. The van der Waals surface area contributed by atoms with Crippen molar-refractivity contribution < 1.29 is 19.1 Å². The topological polar surface area (TPSA) is 94.9 Å². The van der Waals surface area contributed by atoms with Gasteiger partial charge in [-0.2, -0.15) is 5.26 Å². The Hall–Kier alpha value is -1.69. The maximum absolute atomic E-state index is 12.9. The fourth-order valence-corrected chi connectivity index (χ4v) is 7.83. The zero-order valence-electron chi connectivity index (χ0n) is 39.4. The van der Waals surface area contributed by atoms with E-state index in [1.165, 1.54) is 154 Å². The summed E-state index contributed by atoms with van der Waals surface area (Å²) in [6, 6.07) is 2.30. The third kappa shape index (κ3) is 39.8. The van der Waals surface area contributed by atoms with Crippen LogP contribution in [0.2, 0.25) is 0 Å². The van der Waals surface area contributed by atoms with Crippen molar-refractivity contribution in [2.24, 2.45) is 0 Å². The van der Waals surface area contributed by atoms with Gasteiger partial charge in [0.2, 0.25) is 0 Å². The standard InChI is InChI=1S/C50H98N4O4/c1-6-9-12-15-18-27-34-46-57-49(55)38-30-23-19-25-32-43-54(45-35-42-52-48(40-41-51)53(4)5)44-33-26-20-24-31-39-50(56)58-47(36-28-21-16-13-10-7-2)37-29-22-17-14-11-8-3/h47-48,52H,6-40,42-46H2,1-5H3. The van der Waals surface area contributed by atoms with Gasteiger partial charge < -0.3 is 19.7 Å². The minimum Gasteiger partial charge on any atom is -0.466 e. The molecule has 0 rings (SSSR count). The molecule has 342 valence electrons. The van der Waals surface area contributed by atoms with Crippen molar-refractivity contribution in [1.82, 2.24) is 15.1 Å². The zero-order chi connectivity index (χ0) is 42.6. The van der Waals surface area contributed by atoms with E-state index in [0.717, 1.165) is 77.5 Å². The molecule has 0 aliphatic rings. The van der Waals surface area contributed by atoms with Gasteiger partial charge in [0, 0.05) is 12.8 Å². The van der Waals surface area contributed by atoms with Gasteiger partial charge in [-0.3, -0.25) is 14.5 Å². The second kappa shape index (κ2) is 44.9. The highest BCUT2D eigenvalue weighted by Gasteiger charge is 2.15. The lowest BCUT2D eigenvalue weighted by Crippen LogP contribution is -2.42. The Labute approximate surface area is 361 Å². The van der Waals surface area contributed by atoms with E-state index in [1.54, 1.807) is 0 Å². The lowest BCUT2D eigenvalue weighted by Gasteiger charge is -2.25. The van der Waals surface area contributed by atoms with E-state index < -0.39 is 0 Å². The molecular weight excluding hydrogens is 721 g/mol. The Kier molecular flexibility index (Phi) is 43.5. The summed E-state index contributed by atoms with van der Waals surface area (Å²) >= 11 is 0. The molecule has 0 saturated heterocycles. The highest BCUT2D eigenvalue weighted by Crippen LogP contribution is 2.19. The van der Waals surface area contributed by atoms with Crippen molar-refractivity contribution >= 4 is 11.9 Å². The van der Waals surface area contributed by atoms with Crippen LogP contribution in [0.25, 0.3) is 0 Å². The minimum absolute atomic E-state index is 0.0201. The van der Waals surface area contributed by atoms with Crippen molar-refractivity contribution in [2.45, 2.75) is 258 Å². The maximum Gasteiger partial charge on any atom is 0.306 e. The van der Waals surface area contributed by atoms with Gasteiger partial charge in [-0.15, -0.1) is 0 Å². The average molecular weight is 819 g/mol. The molecule has 0 fully saturated rings. The second-order valence-corrected chi connectivity index (χ2v) is 17.6. The summed E-state index contributed by atoms with van der Waals surface area (Å²) in [7, 11) is 4.05. The molecule has 0 amide bonds. The van der Waals surface area contributed by atoms with Gasteiger partial charge in [0.1, 0.15) is 6.10 Å². The van der Waals surface area contributed by atoms with Gasteiger partial charge in [-0.25, -0.2) is 0 Å². The second-order valence-electron chi connectivity index (χ2n) is 17.6. The Morgan fingerprint density at radius 3 is 1.43 bits per heavy atom. The molecule has 0 aromatic carbocycles. The third-order valence-electron chi connectivity index (χ3n) is 11.7. The zero-order valence-corrected chi connectivity index (χ0v) is 39.4. The Morgan fingerprint density at radius 1 is 0.534 bits per heavy atom. The highest BCUT2D eigenvalue weighted by atomic mass is 16.5. The molecule has 8 heteroatoms. The first kappa shape index (κ1) is 56.3. The number of carbonyl (C=O) groups is 2. The van der Waals surface area contributed by atoms with Crippen LogP contribution in [0.4, 0.5) is 0 Å². The number of carbonyl (C=O) groups excluding carboxylic acids is 2. The van der Waals surface area contributed by atoms with Gasteiger partial charge in [0.05, 0.1) is 25.3 Å². The van der Waals surface area contributed by atoms with Crippen LogP contribution >= 0.6 is 0 Å².